The first-order valence-electron chi connectivity index (χ1n) is 12.5. The van der Waals surface area contributed by atoms with E-state index in [4.69, 9.17) is 16.6 Å². The van der Waals surface area contributed by atoms with Gasteiger partial charge in [0.15, 0.2) is 0 Å². The van der Waals surface area contributed by atoms with Crippen molar-refractivity contribution < 1.29 is 44.1 Å². The summed E-state index contributed by atoms with van der Waals surface area (Å²) in [6.45, 7) is 0. The number of primary amides is 1. The van der Waals surface area contributed by atoms with Crippen molar-refractivity contribution in [3.05, 3.63) is 48.0 Å². The van der Waals surface area contributed by atoms with Crippen LogP contribution in [-0.2, 0) is 41.6 Å². The molecule has 4 atom stereocenters. The van der Waals surface area contributed by atoms with Crippen molar-refractivity contribution in [2.24, 2.45) is 11.5 Å². The van der Waals surface area contributed by atoms with E-state index in [0.717, 1.165) is 0 Å². The molecule has 0 bridgehead atoms. The summed E-state index contributed by atoms with van der Waals surface area (Å²) >= 11 is 0. The maximum atomic E-state index is 13.3. The first kappa shape index (κ1) is 32.2. The molecule has 0 fully saturated rings. The third-order valence-electron chi connectivity index (χ3n) is 5.92. The van der Waals surface area contributed by atoms with E-state index in [0.29, 0.717) is 11.3 Å². The number of nitrogens with zero attached hydrogens (tertiary/aromatic N) is 1. The van der Waals surface area contributed by atoms with Crippen molar-refractivity contribution in [2.75, 3.05) is 0 Å². The number of imidazole rings is 1. The lowest BCUT2D eigenvalue weighted by Crippen LogP contribution is -2.58. The summed E-state index contributed by atoms with van der Waals surface area (Å²) < 4.78 is 0. The molecule has 0 spiro atoms. The fraction of sp³-hybridized carbons (Fsp3) is 0.400. The SMILES string of the molecule is NC(=O)CCC(N)C(=O)NC(Cc1cnc[nH]1)C(=O)NC(CCC(=O)O)C(=O)NC(Cc1ccc(O)cc1)C(=O)O. The van der Waals surface area contributed by atoms with Crippen molar-refractivity contribution in [2.45, 2.75) is 62.7 Å². The summed E-state index contributed by atoms with van der Waals surface area (Å²) in [7, 11) is 0. The lowest BCUT2D eigenvalue weighted by molar-refractivity contribution is -0.143. The number of benzene rings is 1. The number of carboxylic acids is 2. The van der Waals surface area contributed by atoms with E-state index in [2.05, 4.69) is 25.9 Å². The van der Waals surface area contributed by atoms with E-state index in [9.17, 15) is 39.0 Å². The second kappa shape index (κ2) is 15.6. The highest BCUT2D eigenvalue weighted by atomic mass is 16.4. The van der Waals surface area contributed by atoms with Gasteiger partial charge in [0.05, 0.1) is 12.4 Å². The zero-order chi connectivity index (χ0) is 30.5. The molecule has 0 saturated carbocycles. The number of hydrogen-bond donors (Lipinski definition) is 9. The molecule has 4 amide bonds. The number of phenolic OH excluding ortho intramolecular Hbond substituents is 1. The van der Waals surface area contributed by atoms with Gasteiger partial charge in [-0.3, -0.25) is 24.0 Å². The van der Waals surface area contributed by atoms with Gasteiger partial charge in [-0.1, -0.05) is 12.1 Å². The van der Waals surface area contributed by atoms with Crippen LogP contribution in [-0.4, -0.2) is 85.0 Å². The molecule has 0 aliphatic heterocycles. The predicted octanol–water partition coefficient (Wildman–Crippen LogP) is -2.10. The standard InChI is InChI=1S/C25H33N7O9/c26-16(5-7-20(27)34)22(37)31-18(10-14-11-28-12-29-14)24(39)30-17(6-8-21(35)36)23(38)32-19(25(40)41)9-13-1-3-15(33)4-2-13/h1-4,11-12,16-19,33H,5-10,26H2,(H2,27,34)(H,28,29)(H,30,39)(H,31,37)(H,32,38)(H,35,36)(H,40,41). The number of carbonyl (C=O) groups is 6. The van der Waals surface area contributed by atoms with Gasteiger partial charge in [-0.25, -0.2) is 9.78 Å². The van der Waals surface area contributed by atoms with Crippen LogP contribution < -0.4 is 27.4 Å². The average Bonchev–Trinajstić information content (AvgIpc) is 3.42. The minimum Gasteiger partial charge on any atom is -0.508 e. The predicted molar refractivity (Wildman–Crippen MR) is 141 cm³/mol. The van der Waals surface area contributed by atoms with Crippen LogP contribution >= 0.6 is 0 Å². The lowest BCUT2D eigenvalue weighted by atomic mass is 10.0. The average molecular weight is 576 g/mol. The van der Waals surface area contributed by atoms with Gasteiger partial charge in [-0.2, -0.15) is 0 Å². The molecule has 11 N–H and O–H groups in total. The monoisotopic (exact) mass is 575 g/mol. The van der Waals surface area contributed by atoms with Gasteiger partial charge in [0.25, 0.3) is 0 Å². The van der Waals surface area contributed by atoms with Crippen LogP contribution in [0.15, 0.2) is 36.8 Å². The van der Waals surface area contributed by atoms with Crippen molar-refractivity contribution >= 4 is 35.6 Å². The zero-order valence-corrected chi connectivity index (χ0v) is 21.9. The number of phenols is 1. The molecule has 2 rings (SSSR count). The van der Waals surface area contributed by atoms with Crippen LogP contribution in [0, 0.1) is 0 Å². The Morgan fingerprint density at radius 3 is 2.00 bits per heavy atom. The van der Waals surface area contributed by atoms with Gasteiger partial charge in [0, 0.05) is 37.6 Å². The van der Waals surface area contributed by atoms with E-state index in [-0.39, 0.29) is 37.9 Å². The molecule has 0 aliphatic rings. The Hall–Kier alpha value is -4.99. The normalized spacial score (nSPS) is 13.7. The summed E-state index contributed by atoms with van der Waals surface area (Å²) in [4.78, 5) is 79.7. The smallest absolute Gasteiger partial charge is 0.326 e. The molecule has 1 aromatic carbocycles. The minimum absolute atomic E-state index is 0.0355. The van der Waals surface area contributed by atoms with Crippen LogP contribution in [0.1, 0.15) is 36.9 Å². The molecule has 16 heteroatoms. The Morgan fingerprint density at radius 1 is 0.829 bits per heavy atom. The van der Waals surface area contributed by atoms with E-state index < -0.39 is 66.2 Å². The number of aromatic nitrogens is 2. The molecule has 0 aliphatic carbocycles. The Morgan fingerprint density at radius 2 is 1.44 bits per heavy atom. The molecule has 16 nitrogen and oxygen atoms in total. The van der Waals surface area contributed by atoms with Crippen molar-refractivity contribution in [1.82, 2.24) is 25.9 Å². The van der Waals surface area contributed by atoms with Crippen molar-refractivity contribution in [3.63, 3.8) is 0 Å². The fourth-order valence-corrected chi connectivity index (χ4v) is 3.68. The van der Waals surface area contributed by atoms with E-state index in [1.165, 1.54) is 36.8 Å². The molecule has 1 heterocycles. The number of nitrogens with one attached hydrogen (secondary N) is 4. The van der Waals surface area contributed by atoms with Crippen LogP contribution in [0.3, 0.4) is 0 Å². The Balaban J connectivity index is 2.20. The van der Waals surface area contributed by atoms with Crippen LogP contribution in [0.2, 0.25) is 0 Å². The number of aromatic hydroxyl groups is 1. The number of amides is 4. The van der Waals surface area contributed by atoms with Gasteiger partial charge >= 0.3 is 11.9 Å². The Bertz CT molecular complexity index is 1220. The molecule has 1 aromatic heterocycles. The molecular formula is C25H33N7O9. The highest BCUT2D eigenvalue weighted by Gasteiger charge is 2.31. The number of aliphatic carboxylic acids is 2. The van der Waals surface area contributed by atoms with Gasteiger partial charge in [0.1, 0.15) is 23.9 Å². The second-order valence-electron chi connectivity index (χ2n) is 9.22. The second-order valence-corrected chi connectivity index (χ2v) is 9.22. The quantitative estimate of drug-likeness (QED) is 0.0984. The van der Waals surface area contributed by atoms with Crippen LogP contribution in [0.25, 0.3) is 0 Å². The topological polar surface area (TPSA) is 280 Å². The number of H-pyrrole nitrogens is 1. The van der Waals surface area contributed by atoms with Gasteiger partial charge in [0.2, 0.25) is 23.6 Å². The summed E-state index contributed by atoms with van der Waals surface area (Å²) in [5.74, 6) is -5.98. The summed E-state index contributed by atoms with van der Waals surface area (Å²) in [5, 5.41) is 35.4. The van der Waals surface area contributed by atoms with Crippen molar-refractivity contribution in [3.8, 4) is 5.75 Å². The number of aromatic amines is 1. The van der Waals surface area contributed by atoms with Crippen LogP contribution in [0.4, 0.5) is 0 Å². The molecule has 41 heavy (non-hydrogen) atoms. The molecule has 2 aromatic rings. The highest BCUT2D eigenvalue weighted by molar-refractivity contribution is 5.94. The van der Waals surface area contributed by atoms with Crippen LogP contribution in [0.5, 0.6) is 5.75 Å². The maximum absolute atomic E-state index is 13.3. The molecule has 222 valence electrons. The lowest BCUT2D eigenvalue weighted by Gasteiger charge is -2.25. The molecule has 0 radical (unpaired) electrons. The summed E-state index contributed by atoms with van der Waals surface area (Å²) in [5.41, 5.74) is 11.8. The van der Waals surface area contributed by atoms with E-state index >= 15 is 0 Å². The number of nitrogens with two attached hydrogens (primary N) is 2. The summed E-state index contributed by atoms with van der Waals surface area (Å²) in [6.07, 6.45) is 1.28. The first-order chi connectivity index (χ1) is 19.3. The molecule has 4 unspecified atom stereocenters. The van der Waals surface area contributed by atoms with Gasteiger partial charge in [-0.15, -0.1) is 0 Å². The maximum Gasteiger partial charge on any atom is 0.326 e. The zero-order valence-electron chi connectivity index (χ0n) is 21.9. The third-order valence-corrected chi connectivity index (χ3v) is 5.92. The Kier molecular flexibility index (Phi) is 12.2. The number of carbonyl (C=O) groups excluding carboxylic acids is 4. The van der Waals surface area contributed by atoms with Gasteiger partial charge < -0.3 is 47.7 Å². The van der Waals surface area contributed by atoms with Gasteiger partial charge in [-0.05, 0) is 30.5 Å². The highest BCUT2D eigenvalue weighted by Crippen LogP contribution is 2.12. The van der Waals surface area contributed by atoms with Crippen molar-refractivity contribution in [1.29, 1.82) is 0 Å². The summed E-state index contributed by atoms with van der Waals surface area (Å²) in [6, 6.07) is 0.220. The first-order valence-corrected chi connectivity index (χ1v) is 12.5. The van der Waals surface area contributed by atoms with E-state index in [1.54, 1.807) is 0 Å². The number of carboxylic acid groups (broad SMARTS) is 2. The fourth-order valence-electron chi connectivity index (χ4n) is 3.68. The molecule has 0 saturated heterocycles. The third kappa shape index (κ3) is 11.3. The largest absolute Gasteiger partial charge is 0.508 e. The molecular weight excluding hydrogens is 542 g/mol. The Labute approximate surface area is 233 Å². The number of rotatable bonds is 17. The van der Waals surface area contributed by atoms with E-state index in [1.807, 2.05) is 0 Å². The number of hydrogen-bond acceptors (Lipinski definition) is 9. The minimum atomic E-state index is -1.48.